The molecule has 0 saturated heterocycles. The summed E-state index contributed by atoms with van der Waals surface area (Å²) in [4.78, 5) is 16.0. The second kappa shape index (κ2) is 10.4. The van der Waals surface area contributed by atoms with Crippen molar-refractivity contribution in [2.24, 2.45) is 5.73 Å². The van der Waals surface area contributed by atoms with Crippen molar-refractivity contribution >= 4 is 32.3 Å². The van der Waals surface area contributed by atoms with Gasteiger partial charge in [0, 0.05) is 17.6 Å². The van der Waals surface area contributed by atoms with Crippen LogP contribution in [0.25, 0.3) is 10.9 Å². The van der Waals surface area contributed by atoms with Gasteiger partial charge in [-0.25, -0.2) is 13.4 Å². The smallest absolute Gasteiger partial charge is 0.376 e. The average molecular weight is 529 g/mol. The molecule has 4 N–H and O–H groups in total. The van der Waals surface area contributed by atoms with E-state index in [4.69, 9.17) is 5.73 Å². The van der Waals surface area contributed by atoms with Gasteiger partial charge < -0.3 is 16.4 Å². The maximum atomic E-state index is 13.2. The first-order valence-electron chi connectivity index (χ1n) is 11.5. The van der Waals surface area contributed by atoms with Crippen molar-refractivity contribution in [1.29, 1.82) is 0 Å². The number of alkyl halides is 3. The van der Waals surface area contributed by atoms with Crippen LogP contribution in [0.2, 0.25) is 0 Å². The Kier molecular flexibility index (Phi) is 8.52. The van der Waals surface area contributed by atoms with Crippen LogP contribution in [0.1, 0.15) is 62.7 Å². The molecule has 1 heterocycles. The molecule has 1 amide bonds. The van der Waals surface area contributed by atoms with Crippen LogP contribution >= 0.6 is 0 Å². The van der Waals surface area contributed by atoms with E-state index in [9.17, 15) is 26.4 Å². The van der Waals surface area contributed by atoms with Gasteiger partial charge in [0.15, 0.2) is 14.7 Å². The van der Waals surface area contributed by atoms with Gasteiger partial charge >= 0.3 is 6.18 Å². The predicted molar refractivity (Wildman–Crippen MR) is 138 cm³/mol. The summed E-state index contributed by atoms with van der Waals surface area (Å²) in [5, 5.41) is 5.53. The van der Waals surface area contributed by atoms with Crippen LogP contribution in [0.4, 0.5) is 18.9 Å². The lowest BCUT2D eigenvalue weighted by Crippen LogP contribution is -2.57. The number of nitrogens with two attached hydrogens (primary N) is 1. The van der Waals surface area contributed by atoms with Gasteiger partial charge in [-0.15, -0.1) is 6.58 Å². The van der Waals surface area contributed by atoms with Crippen molar-refractivity contribution in [2.45, 2.75) is 64.4 Å². The number of rotatable bonds is 9. The second-order valence-corrected chi connectivity index (χ2v) is 12.9. The van der Waals surface area contributed by atoms with Crippen LogP contribution in [0.5, 0.6) is 0 Å². The molecule has 1 aromatic carbocycles. The lowest BCUT2D eigenvalue weighted by Gasteiger charge is -2.29. The van der Waals surface area contributed by atoms with E-state index in [1.54, 1.807) is 26.0 Å². The summed E-state index contributed by atoms with van der Waals surface area (Å²) in [6.45, 7) is 12.6. The maximum absolute atomic E-state index is 13.2. The molecule has 7 nitrogen and oxygen atoms in total. The Labute approximate surface area is 210 Å². The van der Waals surface area contributed by atoms with E-state index in [1.807, 2.05) is 20.8 Å². The highest BCUT2D eigenvalue weighted by Gasteiger charge is 2.39. The van der Waals surface area contributed by atoms with Gasteiger partial charge in [-0.05, 0) is 61.9 Å². The van der Waals surface area contributed by atoms with E-state index in [-0.39, 0.29) is 30.1 Å². The third-order valence-electron chi connectivity index (χ3n) is 5.91. The number of carbonyl (C=O) groups is 1. The van der Waals surface area contributed by atoms with Crippen molar-refractivity contribution in [3.8, 4) is 0 Å². The Morgan fingerprint density at radius 3 is 2.25 bits per heavy atom. The molecule has 36 heavy (non-hydrogen) atoms. The molecule has 0 aliphatic heterocycles. The zero-order valence-corrected chi connectivity index (χ0v) is 22.4. The molecule has 0 fully saturated rings. The highest BCUT2D eigenvalue weighted by Crippen LogP contribution is 2.34. The predicted octanol–water partition coefficient (Wildman–Crippen LogP) is 4.60. The van der Waals surface area contributed by atoms with Gasteiger partial charge in [-0.2, -0.15) is 13.2 Å². The molecule has 2 rings (SSSR count). The zero-order chi connectivity index (χ0) is 27.7. The number of halogens is 3. The van der Waals surface area contributed by atoms with Crippen LogP contribution in [-0.2, 0) is 15.3 Å². The molecule has 0 aliphatic carbocycles. The van der Waals surface area contributed by atoms with Crippen LogP contribution in [0.3, 0.4) is 0 Å². The minimum Gasteiger partial charge on any atom is -0.376 e. The number of hydrogen-bond donors (Lipinski definition) is 3. The summed E-state index contributed by atoms with van der Waals surface area (Å²) in [6.07, 6.45) is -4.15. The van der Waals surface area contributed by atoms with Gasteiger partial charge in [-0.1, -0.05) is 26.3 Å². The molecule has 1 unspecified atom stereocenters. The number of anilines is 1. The number of aromatic nitrogens is 1. The number of aryl methyl sites for hydroxylation is 1. The third-order valence-corrected chi connectivity index (χ3v) is 8.29. The molecule has 0 bridgehead atoms. The maximum Gasteiger partial charge on any atom is 0.405 e. The van der Waals surface area contributed by atoms with Crippen molar-refractivity contribution in [3.63, 3.8) is 0 Å². The number of nitrogens with one attached hydrogen (secondary N) is 2. The Hall–Kier alpha value is -2.66. The summed E-state index contributed by atoms with van der Waals surface area (Å²) in [7, 11) is -3.82. The first-order chi connectivity index (χ1) is 16.3. The van der Waals surface area contributed by atoms with Crippen LogP contribution in [0.15, 0.2) is 30.4 Å². The first-order valence-corrected chi connectivity index (χ1v) is 13.1. The largest absolute Gasteiger partial charge is 0.405 e. The fraction of sp³-hybridized carbons (Fsp3) is 0.520. The fourth-order valence-corrected chi connectivity index (χ4v) is 5.15. The number of allylic oxidation sites excluding steroid dienone is 1. The first kappa shape index (κ1) is 29.6. The SMILES string of the molecule is C=C(C)CCS(=O)(=O)C(C)(CN)NC(=O)c1cc(C)c2cc(NCC(F)(F)F)cc(C(C)(C)C)c2n1. The van der Waals surface area contributed by atoms with E-state index in [1.165, 1.54) is 13.0 Å². The van der Waals surface area contributed by atoms with E-state index < -0.39 is 38.8 Å². The summed E-state index contributed by atoms with van der Waals surface area (Å²) >= 11 is 0. The van der Waals surface area contributed by atoms with Gasteiger partial charge in [-0.3, -0.25) is 4.79 Å². The Morgan fingerprint density at radius 1 is 1.14 bits per heavy atom. The van der Waals surface area contributed by atoms with Crippen LogP contribution in [0, 0.1) is 6.92 Å². The van der Waals surface area contributed by atoms with Crippen molar-refractivity contribution in [2.75, 3.05) is 24.2 Å². The van der Waals surface area contributed by atoms with Crippen molar-refractivity contribution < 1.29 is 26.4 Å². The zero-order valence-electron chi connectivity index (χ0n) is 21.6. The van der Waals surface area contributed by atoms with Gasteiger partial charge in [0.1, 0.15) is 12.2 Å². The second-order valence-electron chi connectivity index (χ2n) is 10.4. The van der Waals surface area contributed by atoms with Crippen molar-refractivity contribution in [1.82, 2.24) is 10.3 Å². The molecule has 11 heteroatoms. The number of hydrogen-bond acceptors (Lipinski definition) is 6. The number of carbonyl (C=O) groups excluding carboxylic acids is 1. The quantitative estimate of drug-likeness (QED) is 0.410. The topological polar surface area (TPSA) is 114 Å². The molecule has 0 aliphatic rings. The Morgan fingerprint density at radius 2 is 1.75 bits per heavy atom. The molecule has 0 radical (unpaired) electrons. The summed E-state index contributed by atoms with van der Waals surface area (Å²) in [6, 6.07) is 4.63. The highest BCUT2D eigenvalue weighted by atomic mass is 32.2. The van der Waals surface area contributed by atoms with E-state index in [2.05, 4.69) is 22.2 Å². The molecule has 0 saturated carbocycles. The molecule has 0 spiro atoms. The van der Waals surface area contributed by atoms with E-state index in [0.717, 1.165) is 0 Å². The third kappa shape index (κ3) is 6.97. The van der Waals surface area contributed by atoms with E-state index >= 15 is 0 Å². The number of benzene rings is 1. The fourth-order valence-electron chi connectivity index (χ4n) is 3.58. The molecule has 1 aromatic heterocycles. The monoisotopic (exact) mass is 528 g/mol. The van der Waals surface area contributed by atoms with Gasteiger partial charge in [0.05, 0.1) is 11.3 Å². The number of sulfone groups is 1. The lowest BCUT2D eigenvalue weighted by atomic mass is 9.84. The standard InChI is InChI=1S/C25H35F3N4O3S/c1-15(2)8-9-36(34,35)24(7,13-29)32-22(33)20-10-16(3)18-11-17(30-14-25(26,27)28)12-19(21(18)31-20)23(4,5)6/h10-12,30H,1,8-9,13-14,29H2,2-7H3,(H,32,33). The number of amides is 1. The summed E-state index contributed by atoms with van der Waals surface area (Å²) < 4.78 is 64.2. The molecule has 2 aromatic rings. The Balaban J connectivity index is 2.55. The lowest BCUT2D eigenvalue weighted by molar-refractivity contribution is -0.115. The van der Waals surface area contributed by atoms with Crippen LogP contribution < -0.4 is 16.4 Å². The number of fused-ring (bicyclic) bond motifs is 1. The minimum atomic E-state index is -4.38. The summed E-state index contributed by atoms with van der Waals surface area (Å²) in [5.74, 6) is -0.937. The van der Waals surface area contributed by atoms with E-state index in [0.29, 0.717) is 27.6 Å². The van der Waals surface area contributed by atoms with Gasteiger partial charge in [0.25, 0.3) is 5.91 Å². The molecular formula is C25H35F3N4O3S. The van der Waals surface area contributed by atoms with Crippen molar-refractivity contribution in [3.05, 3.63) is 47.2 Å². The highest BCUT2D eigenvalue weighted by molar-refractivity contribution is 7.92. The summed E-state index contributed by atoms with van der Waals surface area (Å²) in [5.41, 5.74) is 7.91. The van der Waals surface area contributed by atoms with Crippen LogP contribution in [-0.4, -0.2) is 49.2 Å². The minimum absolute atomic E-state index is 0.0173. The van der Waals surface area contributed by atoms with Gasteiger partial charge in [0.2, 0.25) is 0 Å². The average Bonchev–Trinajstić information content (AvgIpc) is 2.74. The Bertz CT molecular complexity index is 1270. The number of nitrogens with zero attached hydrogens (tertiary/aromatic N) is 1. The molecule has 1 atom stereocenters. The number of pyridine rings is 1. The molecule has 200 valence electrons. The normalized spacial score (nSPS) is 14.4. The molecular weight excluding hydrogens is 493 g/mol.